The van der Waals surface area contributed by atoms with Crippen molar-refractivity contribution in [2.75, 3.05) is 4.31 Å². The van der Waals surface area contributed by atoms with Crippen LogP contribution in [0, 0.1) is 0 Å². The maximum absolute atomic E-state index is 12.5. The number of thiol groups is 1. The van der Waals surface area contributed by atoms with Crippen molar-refractivity contribution in [3.63, 3.8) is 0 Å². The van der Waals surface area contributed by atoms with Crippen molar-refractivity contribution in [1.82, 2.24) is 0 Å². The predicted molar refractivity (Wildman–Crippen MR) is 52.5 cm³/mol. The number of halogens is 3. The topological polar surface area (TPSA) is 46.3 Å². The SMILES string of the molecule is NC(=O)N(S)c1ccccc1C(F)(F)F. The molecule has 7 heteroatoms. The Morgan fingerprint density at radius 3 is 2.33 bits per heavy atom. The molecule has 0 aliphatic rings. The third-order valence-corrected chi connectivity index (χ3v) is 2.06. The minimum Gasteiger partial charge on any atom is -0.350 e. The number of para-hydroxylation sites is 1. The lowest BCUT2D eigenvalue weighted by atomic mass is 10.1. The zero-order valence-electron chi connectivity index (χ0n) is 7.32. The number of amides is 2. The third kappa shape index (κ3) is 2.56. The quantitative estimate of drug-likeness (QED) is 0.723. The Morgan fingerprint density at radius 2 is 1.87 bits per heavy atom. The van der Waals surface area contributed by atoms with Crippen LogP contribution in [0.3, 0.4) is 0 Å². The van der Waals surface area contributed by atoms with Gasteiger partial charge in [0.15, 0.2) is 0 Å². The second kappa shape index (κ2) is 4.01. The molecule has 0 radical (unpaired) electrons. The minimum atomic E-state index is -4.55. The number of anilines is 1. The van der Waals surface area contributed by atoms with Gasteiger partial charge in [-0.3, -0.25) is 0 Å². The average molecular weight is 236 g/mol. The molecule has 15 heavy (non-hydrogen) atoms. The van der Waals surface area contributed by atoms with E-state index in [1.165, 1.54) is 12.1 Å². The van der Waals surface area contributed by atoms with Crippen LogP contribution in [0.15, 0.2) is 24.3 Å². The van der Waals surface area contributed by atoms with Gasteiger partial charge in [-0.2, -0.15) is 13.2 Å². The number of primary amides is 1. The zero-order valence-corrected chi connectivity index (χ0v) is 8.22. The highest BCUT2D eigenvalue weighted by Gasteiger charge is 2.34. The summed E-state index contributed by atoms with van der Waals surface area (Å²) in [5, 5.41) is 0. The highest BCUT2D eigenvalue weighted by molar-refractivity contribution is 7.82. The van der Waals surface area contributed by atoms with Crippen LogP contribution < -0.4 is 10.0 Å². The van der Waals surface area contributed by atoms with Crippen molar-refractivity contribution in [3.8, 4) is 0 Å². The summed E-state index contributed by atoms with van der Waals surface area (Å²) in [6.45, 7) is 0. The van der Waals surface area contributed by atoms with E-state index < -0.39 is 17.8 Å². The summed E-state index contributed by atoms with van der Waals surface area (Å²) in [5.74, 6) is 0. The summed E-state index contributed by atoms with van der Waals surface area (Å²) < 4.78 is 37.8. The molecule has 0 unspecified atom stereocenters. The van der Waals surface area contributed by atoms with Gasteiger partial charge in [-0.15, -0.1) is 0 Å². The van der Waals surface area contributed by atoms with Crippen LogP contribution in [0.25, 0.3) is 0 Å². The molecule has 82 valence electrons. The molecule has 0 bridgehead atoms. The maximum atomic E-state index is 12.5. The van der Waals surface area contributed by atoms with Gasteiger partial charge in [-0.05, 0) is 12.1 Å². The predicted octanol–water partition coefficient (Wildman–Crippen LogP) is 2.44. The Hall–Kier alpha value is -1.37. The second-order valence-electron chi connectivity index (χ2n) is 2.66. The highest BCUT2D eigenvalue weighted by Crippen LogP contribution is 2.36. The van der Waals surface area contributed by atoms with Crippen molar-refractivity contribution in [2.45, 2.75) is 6.18 Å². The van der Waals surface area contributed by atoms with E-state index in [1.54, 1.807) is 0 Å². The molecule has 0 aliphatic carbocycles. The van der Waals surface area contributed by atoms with Crippen molar-refractivity contribution in [3.05, 3.63) is 29.8 Å². The first kappa shape index (κ1) is 11.7. The van der Waals surface area contributed by atoms with E-state index in [0.29, 0.717) is 4.31 Å². The summed E-state index contributed by atoms with van der Waals surface area (Å²) in [5.41, 5.74) is 3.48. The van der Waals surface area contributed by atoms with Crippen molar-refractivity contribution >= 4 is 24.5 Å². The second-order valence-corrected chi connectivity index (χ2v) is 3.06. The van der Waals surface area contributed by atoms with Gasteiger partial charge in [0.05, 0.1) is 11.3 Å². The number of carbonyl (C=O) groups excluding carboxylic acids is 1. The number of rotatable bonds is 1. The molecule has 0 aromatic heterocycles. The third-order valence-electron chi connectivity index (χ3n) is 1.65. The molecule has 0 saturated carbocycles. The van der Waals surface area contributed by atoms with E-state index in [4.69, 9.17) is 5.73 Å². The molecule has 0 aliphatic heterocycles. The monoisotopic (exact) mass is 236 g/mol. The van der Waals surface area contributed by atoms with Crippen LogP contribution in [0.1, 0.15) is 5.56 Å². The lowest BCUT2D eigenvalue weighted by Crippen LogP contribution is -2.29. The molecule has 0 fully saturated rings. The van der Waals surface area contributed by atoms with Crippen LogP contribution in [0.5, 0.6) is 0 Å². The maximum Gasteiger partial charge on any atom is 0.418 e. The molecule has 3 nitrogen and oxygen atoms in total. The summed E-state index contributed by atoms with van der Waals surface area (Å²) in [4.78, 5) is 10.7. The number of benzene rings is 1. The smallest absolute Gasteiger partial charge is 0.350 e. The molecular weight excluding hydrogens is 229 g/mol. The summed E-state index contributed by atoms with van der Waals surface area (Å²) in [6, 6.07) is 3.46. The molecule has 1 aromatic rings. The summed E-state index contributed by atoms with van der Waals surface area (Å²) in [7, 11) is 0. The standard InChI is InChI=1S/C8H7F3N2OS/c9-8(10,11)5-3-1-2-4-6(5)13(15)7(12)14/h1-4,15H,(H2,12,14). The van der Waals surface area contributed by atoms with E-state index >= 15 is 0 Å². The first-order valence-corrected chi connectivity index (χ1v) is 4.18. The summed E-state index contributed by atoms with van der Waals surface area (Å²) in [6.07, 6.45) is -4.55. The molecule has 0 heterocycles. The zero-order chi connectivity index (χ0) is 11.6. The van der Waals surface area contributed by atoms with Crippen LogP contribution in [-0.2, 0) is 6.18 Å². The fourth-order valence-electron chi connectivity index (χ4n) is 1.02. The van der Waals surface area contributed by atoms with Gasteiger partial charge in [-0.25, -0.2) is 9.10 Å². The van der Waals surface area contributed by atoms with Gasteiger partial charge in [0.1, 0.15) is 0 Å². The number of hydrogen-bond donors (Lipinski definition) is 2. The molecule has 1 aromatic carbocycles. The Bertz CT molecular complexity index is 380. The molecule has 1 rings (SSSR count). The molecule has 0 saturated heterocycles. The number of alkyl halides is 3. The number of urea groups is 1. The Labute approximate surface area is 89.2 Å². The Balaban J connectivity index is 3.24. The number of nitrogens with two attached hydrogens (primary N) is 1. The molecule has 2 amide bonds. The van der Waals surface area contributed by atoms with Gasteiger partial charge < -0.3 is 5.73 Å². The Morgan fingerprint density at radius 1 is 1.33 bits per heavy atom. The van der Waals surface area contributed by atoms with Crippen LogP contribution in [-0.4, -0.2) is 6.03 Å². The largest absolute Gasteiger partial charge is 0.418 e. The van der Waals surface area contributed by atoms with Crippen molar-refractivity contribution in [2.24, 2.45) is 5.73 Å². The van der Waals surface area contributed by atoms with E-state index in [0.717, 1.165) is 12.1 Å². The van der Waals surface area contributed by atoms with Gasteiger partial charge in [0.2, 0.25) is 0 Å². The number of carbonyl (C=O) groups is 1. The number of hydrogen-bond acceptors (Lipinski definition) is 2. The first-order valence-electron chi connectivity index (χ1n) is 3.78. The summed E-state index contributed by atoms with van der Waals surface area (Å²) >= 11 is 3.57. The van der Waals surface area contributed by atoms with E-state index in [9.17, 15) is 18.0 Å². The fourth-order valence-corrected chi connectivity index (χ4v) is 1.19. The van der Waals surface area contributed by atoms with Gasteiger partial charge in [-0.1, -0.05) is 24.9 Å². The number of nitrogens with zero attached hydrogens (tertiary/aromatic N) is 1. The first-order chi connectivity index (χ1) is 6.84. The molecule has 0 spiro atoms. The normalized spacial score (nSPS) is 11.2. The van der Waals surface area contributed by atoms with Gasteiger partial charge in [0, 0.05) is 0 Å². The average Bonchev–Trinajstić information content (AvgIpc) is 2.15. The highest BCUT2D eigenvalue weighted by atomic mass is 32.1. The van der Waals surface area contributed by atoms with Gasteiger partial charge in [0.25, 0.3) is 0 Å². The molecule has 2 N–H and O–H groups in total. The lowest BCUT2D eigenvalue weighted by Gasteiger charge is -2.18. The van der Waals surface area contributed by atoms with Crippen LogP contribution in [0.4, 0.5) is 23.7 Å². The fraction of sp³-hybridized carbons (Fsp3) is 0.125. The van der Waals surface area contributed by atoms with Gasteiger partial charge >= 0.3 is 12.2 Å². The van der Waals surface area contributed by atoms with E-state index in [1.807, 2.05) is 0 Å². The Kier molecular flexibility index (Phi) is 3.13. The minimum absolute atomic E-state index is 0.388. The van der Waals surface area contributed by atoms with Crippen molar-refractivity contribution in [1.29, 1.82) is 0 Å². The van der Waals surface area contributed by atoms with Crippen LogP contribution >= 0.6 is 12.8 Å². The lowest BCUT2D eigenvalue weighted by molar-refractivity contribution is -0.137. The van der Waals surface area contributed by atoms with E-state index in [-0.39, 0.29) is 5.69 Å². The van der Waals surface area contributed by atoms with Crippen molar-refractivity contribution < 1.29 is 18.0 Å². The van der Waals surface area contributed by atoms with Crippen LogP contribution in [0.2, 0.25) is 0 Å². The molecular formula is C8H7F3N2OS. The van der Waals surface area contributed by atoms with E-state index in [2.05, 4.69) is 12.8 Å². The molecule has 0 atom stereocenters.